The van der Waals surface area contributed by atoms with Crippen LogP contribution in [0.4, 0.5) is 17.5 Å². The molecule has 0 saturated carbocycles. The monoisotopic (exact) mass is 472 g/mol. The van der Waals surface area contributed by atoms with Gasteiger partial charge in [-0.05, 0) is 43.5 Å². The molecule has 2 aromatic heterocycles. The van der Waals surface area contributed by atoms with E-state index < -0.39 is 0 Å². The quantitative estimate of drug-likeness (QED) is 0.630. The summed E-state index contributed by atoms with van der Waals surface area (Å²) in [5, 5.41) is 0. The fourth-order valence-electron chi connectivity index (χ4n) is 5.48. The van der Waals surface area contributed by atoms with E-state index in [-0.39, 0.29) is 11.8 Å². The number of nitrogens with one attached hydrogen (secondary N) is 1. The molecule has 0 atom stereocenters. The molecule has 1 amide bonds. The van der Waals surface area contributed by atoms with E-state index in [9.17, 15) is 4.79 Å². The number of piperidine rings is 1. The Hall–Kier alpha value is -3.39. The average molecular weight is 473 g/mol. The van der Waals surface area contributed by atoms with Gasteiger partial charge in [-0.15, -0.1) is 0 Å². The Morgan fingerprint density at radius 3 is 2.63 bits per heavy atom. The molecule has 35 heavy (non-hydrogen) atoms. The summed E-state index contributed by atoms with van der Waals surface area (Å²) in [6.07, 6.45) is 4.32. The molecule has 3 aliphatic heterocycles. The van der Waals surface area contributed by atoms with Gasteiger partial charge in [-0.2, -0.15) is 0 Å². The summed E-state index contributed by atoms with van der Waals surface area (Å²) in [5.41, 5.74) is 5.29. The van der Waals surface area contributed by atoms with Crippen LogP contribution in [0.25, 0.3) is 11.3 Å². The van der Waals surface area contributed by atoms with E-state index in [2.05, 4.69) is 44.9 Å². The standard InChI is InChI=1S/C27H32N6O2/c1-19-6-10-28-24(18-19)31-11-7-20(8-12-31)26(34)33-13-9-22-25(21-4-2-3-5-23(21)33)30-27(29-22)32-14-16-35-17-15-32/h2-6,10,18,20H,7-9,11-17H2,1H3,(H,29,30). The number of anilines is 3. The van der Waals surface area contributed by atoms with Crippen molar-refractivity contribution in [2.24, 2.45) is 5.92 Å². The molecule has 182 valence electrons. The summed E-state index contributed by atoms with van der Waals surface area (Å²) in [6.45, 7) is 7.59. The summed E-state index contributed by atoms with van der Waals surface area (Å²) in [7, 11) is 0. The fraction of sp³-hybridized carbons (Fsp3) is 0.444. The van der Waals surface area contributed by atoms with Crippen LogP contribution >= 0.6 is 0 Å². The van der Waals surface area contributed by atoms with Crippen molar-refractivity contribution in [2.45, 2.75) is 26.2 Å². The fourth-order valence-corrected chi connectivity index (χ4v) is 5.48. The number of amides is 1. The zero-order valence-electron chi connectivity index (χ0n) is 20.2. The van der Waals surface area contributed by atoms with Crippen molar-refractivity contribution in [1.82, 2.24) is 15.0 Å². The second-order valence-corrected chi connectivity index (χ2v) is 9.70. The first-order chi connectivity index (χ1) is 17.2. The molecule has 2 saturated heterocycles. The number of pyridine rings is 1. The Morgan fingerprint density at radius 1 is 1.03 bits per heavy atom. The van der Waals surface area contributed by atoms with Gasteiger partial charge in [0.1, 0.15) is 5.82 Å². The van der Waals surface area contributed by atoms with E-state index in [1.165, 1.54) is 5.56 Å². The lowest BCUT2D eigenvalue weighted by Crippen LogP contribution is -2.43. The minimum atomic E-state index is 0.0254. The van der Waals surface area contributed by atoms with Gasteiger partial charge < -0.3 is 24.4 Å². The molecule has 8 heteroatoms. The van der Waals surface area contributed by atoms with Crippen molar-refractivity contribution in [2.75, 3.05) is 60.6 Å². The van der Waals surface area contributed by atoms with E-state index in [0.717, 1.165) is 93.1 Å². The van der Waals surface area contributed by atoms with Gasteiger partial charge in [0, 0.05) is 62.5 Å². The van der Waals surface area contributed by atoms with Gasteiger partial charge in [0.05, 0.1) is 24.6 Å². The Labute approximate surface area is 205 Å². The first kappa shape index (κ1) is 22.1. The molecule has 5 heterocycles. The third kappa shape index (κ3) is 4.27. The van der Waals surface area contributed by atoms with E-state index in [4.69, 9.17) is 9.72 Å². The van der Waals surface area contributed by atoms with Crippen LogP contribution in [0.3, 0.4) is 0 Å². The molecule has 8 nitrogen and oxygen atoms in total. The molecule has 3 aromatic rings. The second kappa shape index (κ2) is 9.34. The molecular weight excluding hydrogens is 440 g/mol. The Balaban J connectivity index is 1.21. The number of fused-ring (bicyclic) bond motifs is 3. The van der Waals surface area contributed by atoms with Gasteiger partial charge in [0.2, 0.25) is 11.9 Å². The number of H-pyrrole nitrogens is 1. The normalized spacial score (nSPS) is 18.7. The van der Waals surface area contributed by atoms with E-state index in [1.54, 1.807) is 0 Å². The number of hydrogen-bond donors (Lipinski definition) is 1. The van der Waals surface area contributed by atoms with Crippen molar-refractivity contribution in [3.63, 3.8) is 0 Å². The zero-order chi connectivity index (χ0) is 23.8. The van der Waals surface area contributed by atoms with Gasteiger partial charge in [0.15, 0.2) is 0 Å². The number of hydrogen-bond acceptors (Lipinski definition) is 6. The van der Waals surface area contributed by atoms with Crippen LogP contribution < -0.4 is 14.7 Å². The van der Waals surface area contributed by atoms with Gasteiger partial charge >= 0.3 is 0 Å². The molecule has 0 unspecified atom stereocenters. The highest BCUT2D eigenvalue weighted by molar-refractivity contribution is 5.99. The Morgan fingerprint density at radius 2 is 1.83 bits per heavy atom. The number of imidazole rings is 1. The molecular formula is C27H32N6O2. The van der Waals surface area contributed by atoms with Gasteiger partial charge in [0.25, 0.3) is 0 Å². The predicted octanol–water partition coefficient (Wildman–Crippen LogP) is 3.42. The van der Waals surface area contributed by atoms with Gasteiger partial charge in [-0.25, -0.2) is 9.97 Å². The number of nitrogens with zero attached hydrogens (tertiary/aromatic N) is 5. The molecule has 2 fully saturated rings. The van der Waals surface area contributed by atoms with Crippen molar-refractivity contribution in [1.29, 1.82) is 0 Å². The lowest BCUT2D eigenvalue weighted by Gasteiger charge is -2.35. The van der Waals surface area contributed by atoms with Crippen molar-refractivity contribution in [3.05, 3.63) is 53.9 Å². The minimum Gasteiger partial charge on any atom is -0.378 e. The van der Waals surface area contributed by atoms with Crippen LogP contribution in [-0.4, -0.2) is 66.8 Å². The number of benzene rings is 1. The molecule has 1 N–H and O–H groups in total. The van der Waals surface area contributed by atoms with Crippen molar-refractivity contribution < 1.29 is 9.53 Å². The maximum Gasteiger partial charge on any atom is 0.230 e. The summed E-state index contributed by atoms with van der Waals surface area (Å²) in [5.74, 6) is 2.17. The molecule has 0 spiro atoms. The number of morpholine rings is 1. The van der Waals surface area contributed by atoms with Crippen LogP contribution in [0.1, 0.15) is 24.1 Å². The van der Waals surface area contributed by atoms with E-state index >= 15 is 0 Å². The average Bonchev–Trinajstić information content (AvgIpc) is 3.27. The number of carbonyl (C=O) groups excluding carboxylic acids is 1. The number of aromatic nitrogens is 3. The lowest BCUT2D eigenvalue weighted by molar-refractivity contribution is -0.123. The van der Waals surface area contributed by atoms with E-state index in [0.29, 0.717) is 6.54 Å². The van der Waals surface area contributed by atoms with Crippen LogP contribution in [0.15, 0.2) is 42.6 Å². The Kier molecular flexibility index (Phi) is 5.90. The second-order valence-electron chi connectivity index (χ2n) is 9.70. The number of aryl methyl sites for hydroxylation is 1. The van der Waals surface area contributed by atoms with Crippen molar-refractivity contribution in [3.8, 4) is 11.3 Å². The topological polar surface area (TPSA) is 77.6 Å². The molecule has 1 aromatic carbocycles. The first-order valence-electron chi connectivity index (χ1n) is 12.7. The maximum atomic E-state index is 13.8. The number of para-hydroxylation sites is 1. The minimum absolute atomic E-state index is 0.0254. The largest absolute Gasteiger partial charge is 0.378 e. The third-order valence-electron chi connectivity index (χ3n) is 7.45. The highest BCUT2D eigenvalue weighted by Gasteiger charge is 2.33. The van der Waals surface area contributed by atoms with Crippen LogP contribution in [0.2, 0.25) is 0 Å². The van der Waals surface area contributed by atoms with Crippen molar-refractivity contribution >= 4 is 23.4 Å². The SMILES string of the molecule is Cc1ccnc(N2CCC(C(=O)N3CCc4[nH]c(N5CCOCC5)nc4-c4ccccc43)CC2)c1. The predicted molar refractivity (Wildman–Crippen MR) is 137 cm³/mol. The molecule has 0 radical (unpaired) electrons. The van der Waals surface area contributed by atoms with Crippen LogP contribution in [0.5, 0.6) is 0 Å². The van der Waals surface area contributed by atoms with Crippen LogP contribution in [-0.2, 0) is 16.0 Å². The van der Waals surface area contributed by atoms with E-state index in [1.807, 2.05) is 29.3 Å². The number of ether oxygens (including phenoxy) is 1. The summed E-state index contributed by atoms with van der Waals surface area (Å²) in [4.78, 5) is 33.4. The number of aromatic amines is 1. The smallest absolute Gasteiger partial charge is 0.230 e. The third-order valence-corrected chi connectivity index (χ3v) is 7.45. The molecule has 3 aliphatic rings. The molecule has 0 aliphatic carbocycles. The highest BCUT2D eigenvalue weighted by atomic mass is 16.5. The Bertz CT molecular complexity index is 1210. The zero-order valence-corrected chi connectivity index (χ0v) is 20.2. The highest BCUT2D eigenvalue weighted by Crippen LogP contribution is 2.38. The number of rotatable bonds is 3. The number of carbonyl (C=O) groups is 1. The summed E-state index contributed by atoms with van der Waals surface area (Å²) >= 11 is 0. The van der Waals surface area contributed by atoms with Gasteiger partial charge in [-0.3, -0.25) is 4.79 Å². The summed E-state index contributed by atoms with van der Waals surface area (Å²) in [6, 6.07) is 12.4. The first-order valence-corrected chi connectivity index (χ1v) is 12.7. The molecule has 6 rings (SSSR count). The van der Waals surface area contributed by atoms with Crippen LogP contribution in [0, 0.1) is 12.8 Å². The maximum absolute atomic E-state index is 13.8. The molecule has 0 bridgehead atoms. The van der Waals surface area contributed by atoms with Gasteiger partial charge in [-0.1, -0.05) is 18.2 Å². The summed E-state index contributed by atoms with van der Waals surface area (Å²) < 4.78 is 5.50. The lowest BCUT2D eigenvalue weighted by atomic mass is 9.94.